The van der Waals surface area contributed by atoms with Crippen LogP contribution in [0.1, 0.15) is 15.9 Å². The molecule has 0 spiro atoms. The molecule has 0 radical (unpaired) electrons. The Morgan fingerprint density at radius 1 is 1.04 bits per heavy atom. The van der Waals surface area contributed by atoms with Crippen molar-refractivity contribution in [2.24, 2.45) is 0 Å². The van der Waals surface area contributed by atoms with E-state index >= 15 is 0 Å². The summed E-state index contributed by atoms with van der Waals surface area (Å²) in [4.78, 5) is 23.5. The van der Waals surface area contributed by atoms with Gasteiger partial charge in [-0.05, 0) is 35.9 Å². The first-order valence-electron chi connectivity index (χ1n) is 6.61. The zero-order chi connectivity index (χ0) is 16.8. The quantitative estimate of drug-likeness (QED) is 0.808. The van der Waals surface area contributed by atoms with Gasteiger partial charge in [0.1, 0.15) is 0 Å². The summed E-state index contributed by atoms with van der Waals surface area (Å²) in [7, 11) is 0. The zero-order valence-corrected chi connectivity index (χ0v) is 13.4. The second-order valence-electron chi connectivity index (χ2n) is 4.61. The molecule has 120 valence electrons. The van der Waals surface area contributed by atoms with Crippen LogP contribution in [-0.4, -0.2) is 23.6 Å². The number of aliphatic hydroxyl groups is 1. The van der Waals surface area contributed by atoms with Crippen molar-refractivity contribution < 1.29 is 19.4 Å². The van der Waals surface area contributed by atoms with Crippen LogP contribution < -0.4 is 5.32 Å². The van der Waals surface area contributed by atoms with E-state index in [1.807, 2.05) is 0 Å². The molecule has 0 bridgehead atoms. The lowest BCUT2D eigenvalue weighted by Crippen LogP contribution is -2.20. The van der Waals surface area contributed by atoms with Crippen LogP contribution in [0.15, 0.2) is 42.5 Å². The maximum absolute atomic E-state index is 11.8. The van der Waals surface area contributed by atoms with Crippen molar-refractivity contribution in [2.45, 2.75) is 6.61 Å². The number of nitrogens with one attached hydrogen (secondary N) is 1. The summed E-state index contributed by atoms with van der Waals surface area (Å²) in [5.74, 6) is -1.12. The van der Waals surface area contributed by atoms with Gasteiger partial charge in [0, 0.05) is 5.69 Å². The van der Waals surface area contributed by atoms with E-state index in [9.17, 15) is 9.59 Å². The highest BCUT2D eigenvalue weighted by molar-refractivity contribution is 6.42. The first-order chi connectivity index (χ1) is 11.0. The summed E-state index contributed by atoms with van der Waals surface area (Å²) in [6.45, 7) is -0.539. The van der Waals surface area contributed by atoms with Gasteiger partial charge in [-0.15, -0.1) is 0 Å². The third kappa shape index (κ3) is 4.96. The van der Waals surface area contributed by atoms with Crippen LogP contribution in [0.3, 0.4) is 0 Å². The lowest BCUT2D eigenvalue weighted by molar-refractivity contribution is -0.119. The fourth-order valence-corrected chi connectivity index (χ4v) is 2.03. The van der Waals surface area contributed by atoms with E-state index in [0.717, 1.165) is 0 Å². The molecule has 0 aliphatic rings. The molecule has 0 saturated heterocycles. The molecule has 7 heteroatoms. The normalized spacial score (nSPS) is 10.2. The highest BCUT2D eigenvalue weighted by Crippen LogP contribution is 2.24. The first-order valence-corrected chi connectivity index (χ1v) is 7.37. The number of hydrogen-bond donors (Lipinski definition) is 2. The Kier molecular flexibility index (Phi) is 5.98. The lowest BCUT2D eigenvalue weighted by Gasteiger charge is -2.07. The Bertz CT molecular complexity index is 717. The molecule has 0 aliphatic carbocycles. The van der Waals surface area contributed by atoms with Gasteiger partial charge in [-0.2, -0.15) is 0 Å². The summed E-state index contributed by atoms with van der Waals surface area (Å²) in [6.07, 6.45) is 0. The summed E-state index contributed by atoms with van der Waals surface area (Å²) >= 11 is 11.6. The van der Waals surface area contributed by atoms with Gasteiger partial charge in [0.25, 0.3) is 5.91 Å². The second-order valence-corrected chi connectivity index (χ2v) is 5.42. The molecule has 0 fully saturated rings. The molecule has 2 rings (SSSR count). The minimum absolute atomic E-state index is 0.110. The van der Waals surface area contributed by atoms with Crippen LogP contribution in [-0.2, 0) is 16.1 Å². The van der Waals surface area contributed by atoms with E-state index in [0.29, 0.717) is 26.9 Å². The van der Waals surface area contributed by atoms with Crippen LogP contribution in [0.4, 0.5) is 5.69 Å². The average molecular weight is 354 g/mol. The molecular formula is C16H13Cl2NO4. The Labute approximate surface area is 142 Å². The van der Waals surface area contributed by atoms with Gasteiger partial charge in [0.15, 0.2) is 6.61 Å². The van der Waals surface area contributed by atoms with E-state index in [1.54, 1.807) is 24.3 Å². The number of carbonyl (C=O) groups is 2. The van der Waals surface area contributed by atoms with Gasteiger partial charge < -0.3 is 15.2 Å². The molecule has 2 N–H and O–H groups in total. The van der Waals surface area contributed by atoms with Gasteiger partial charge in [-0.1, -0.05) is 35.3 Å². The minimum atomic E-state index is -0.626. The molecule has 0 aliphatic heterocycles. The van der Waals surface area contributed by atoms with Gasteiger partial charge in [-0.3, -0.25) is 4.79 Å². The predicted octanol–water partition coefficient (Wildman–Crippen LogP) is 3.28. The number of carbonyl (C=O) groups excluding carboxylic acids is 2. The third-order valence-corrected chi connectivity index (χ3v) is 3.65. The van der Waals surface area contributed by atoms with E-state index in [2.05, 4.69) is 5.32 Å². The number of hydrogen-bond acceptors (Lipinski definition) is 4. The first kappa shape index (κ1) is 17.3. The number of anilines is 1. The number of aliphatic hydroxyl groups excluding tert-OH is 1. The molecule has 23 heavy (non-hydrogen) atoms. The molecule has 0 saturated carbocycles. The lowest BCUT2D eigenvalue weighted by atomic mass is 10.1. The SMILES string of the molecule is O=C(COC(=O)c1ccc(CO)cc1)Nc1ccc(Cl)c(Cl)c1. The van der Waals surface area contributed by atoms with Crippen molar-refractivity contribution >= 4 is 40.8 Å². The molecule has 2 aromatic rings. The highest BCUT2D eigenvalue weighted by Gasteiger charge is 2.11. The Morgan fingerprint density at radius 2 is 1.74 bits per heavy atom. The largest absolute Gasteiger partial charge is 0.452 e. The molecule has 0 aromatic heterocycles. The van der Waals surface area contributed by atoms with Crippen LogP contribution >= 0.6 is 23.2 Å². The Balaban J connectivity index is 1.87. The number of rotatable bonds is 5. The topological polar surface area (TPSA) is 75.6 Å². The van der Waals surface area contributed by atoms with Crippen molar-refractivity contribution in [2.75, 3.05) is 11.9 Å². The fourth-order valence-electron chi connectivity index (χ4n) is 1.73. The molecular weight excluding hydrogens is 341 g/mol. The van der Waals surface area contributed by atoms with E-state index in [-0.39, 0.29) is 6.61 Å². The summed E-state index contributed by atoms with van der Waals surface area (Å²) in [5.41, 5.74) is 1.43. The van der Waals surface area contributed by atoms with E-state index < -0.39 is 18.5 Å². The standard InChI is InChI=1S/C16H13Cl2NO4/c17-13-6-5-12(7-14(13)18)19-15(21)9-23-16(22)11-3-1-10(8-20)2-4-11/h1-7,20H,8-9H2,(H,19,21). The Hall–Kier alpha value is -2.08. The Morgan fingerprint density at radius 3 is 2.35 bits per heavy atom. The summed E-state index contributed by atoms with van der Waals surface area (Å²) in [6, 6.07) is 10.9. The van der Waals surface area contributed by atoms with Crippen LogP contribution in [0.25, 0.3) is 0 Å². The summed E-state index contributed by atoms with van der Waals surface area (Å²) < 4.78 is 4.92. The molecule has 0 unspecified atom stereocenters. The number of ether oxygens (including phenoxy) is 1. The van der Waals surface area contributed by atoms with Crippen molar-refractivity contribution in [1.82, 2.24) is 0 Å². The van der Waals surface area contributed by atoms with Gasteiger partial charge in [0.05, 0.1) is 22.2 Å². The molecule has 0 heterocycles. The van der Waals surface area contributed by atoms with Crippen LogP contribution in [0.2, 0.25) is 10.0 Å². The monoisotopic (exact) mass is 353 g/mol. The molecule has 1 amide bonds. The second kappa shape index (κ2) is 7.97. The van der Waals surface area contributed by atoms with E-state index in [1.165, 1.54) is 18.2 Å². The van der Waals surface area contributed by atoms with E-state index in [4.69, 9.17) is 33.0 Å². The smallest absolute Gasteiger partial charge is 0.338 e. The average Bonchev–Trinajstić information content (AvgIpc) is 2.56. The van der Waals surface area contributed by atoms with Crippen LogP contribution in [0.5, 0.6) is 0 Å². The third-order valence-electron chi connectivity index (χ3n) is 2.91. The van der Waals surface area contributed by atoms with Gasteiger partial charge in [0.2, 0.25) is 0 Å². The van der Waals surface area contributed by atoms with Crippen LogP contribution in [0, 0.1) is 0 Å². The maximum atomic E-state index is 11.8. The number of halogens is 2. The van der Waals surface area contributed by atoms with Crippen molar-refractivity contribution in [1.29, 1.82) is 0 Å². The molecule has 0 atom stereocenters. The van der Waals surface area contributed by atoms with Crippen molar-refractivity contribution in [3.8, 4) is 0 Å². The zero-order valence-electron chi connectivity index (χ0n) is 11.9. The minimum Gasteiger partial charge on any atom is -0.452 e. The molecule has 2 aromatic carbocycles. The molecule has 5 nitrogen and oxygen atoms in total. The fraction of sp³-hybridized carbons (Fsp3) is 0.125. The predicted molar refractivity (Wildman–Crippen MR) is 87.7 cm³/mol. The number of amides is 1. The number of benzene rings is 2. The number of esters is 1. The highest BCUT2D eigenvalue weighted by atomic mass is 35.5. The van der Waals surface area contributed by atoms with Crippen molar-refractivity contribution in [3.05, 3.63) is 63.6 Å². The van der Waals surface area contributed by atoms with Crippen molar-refractivity contribution in [3.63, 3.8) is 0 Å². The maximum Gasteiger partial charge on any atom is 0.338 e. The van der Waals surface area contributed by atoms with Gasteiger partial charge >= 0.3 is 5.97 Å². The van der Waals surface area contributed by atoms with Gasteiger partial charge in [-0.25, -0.2) is 4.79 Å². The summed E-state index contributed by atoms with van der Waals surface area (Å²) in [5, 5.41) is 12.2.